The molecule has 0 aliphatic heterocycles. The van der Waals surface area contributed by atoms with Gasteiger partial charge in [-0.05, 0) is 43.4 Å². The molecule has 0 aliphatic rings. The fraction of sp³-hybridized carbons (Fsp3) is 0.948. The Morgan fingerprint density at radius 1 is 0.302 bits per heavy atom. The van der Waals surface area contributed by atoms with Crippen molar-refractivity contribution in [3.63, 3.8) is 0 Å². The number of aliphatic hydroxyl groups is 1. The zero-order chi connectivity index (χ0) is 70.9. The van der Waals surface area contributed by atoms with Gasteiger partial charge < -0.3 is 33.8 Å². The molecule has 0 aliphatic carbocycles. The molecule has 19 heteroatoms. The van der Waals surface area contributed by atoms with Gasteiger partial charge in [-0.1, -0.05) is 344 Å². The van der Waals surface area contributed by atoms with Crippen LogP contribution in [0.4, 0.5) is 0 Å². The van der Waals surface area contributed by atoms with Gasteiger partial charge in [0.25, 0.3) is 0 Å². The van der Waals surface area contributed by atoms with Crippen LogP contribution in [0.5, 0.6) is 0 Å². The van der Waals surface area contributed by atoms with E-state index < -0.39 is 97.5 Å². The number of hydrogen-bond acceptors (Lipinski definition) is 15. The molecule has 7 atom stereocenters. The first kappa shape index (κ1) is 94.1. The fourth-order valence-electron chi connectivity index (χ4n) is 11.7. The summed E-state index contributed by atoms with van der Waals surface area (Å²) in [5.41, 5.74) is 0. The van der Waals surface area contributed by atoms with E-state index in [-0.39, 0.29) is 25.7 Å². The zero-order valence-electron chi connectivity index (χ0n) is 62.8. The third-order valence-corrected chi connectivity index (χ3v) is 20.5. The second-order valence-electron chi connectivity index (χ2n) is 28.7. The number of hydrogen-bond donors (Lipinski definition) is 3. The number of carbonyl (C=O) groups excluding carboxylic acids is 4. The molecule has 570 valence electrons. The normalized spacial score (nSPS) is 14.6. The predicted molar refractivity (Wildman–Crippen MR) is 391 cm³/mol. The Balaban J connectivity index is 5.17. The first-order valence-electron chi connectivity index (χ1n) is 39.9. The summed E-state index contributed by atoms with van der Waals surface area (Å²) in [5.74, 6) is 0.260. The second-order valence-corrected chi connectivity index (χ2v) is 31.6. The van der Waals surface area contributed by atoms with Gasteiger partial charge in [0.15, 0.2) is 12.2 Å². The summed E-state index contributed by atoms with van der Waals surface area (Å²) in [6, 6.07) is 0. The Hall–Kier alpha value is -1.94. The minimum absolute atomic E-state index is 0.103. The maximum Gasteiger partial charge on any atom is 0.472 e. The van der Waals surface area contributed by atoms with Crippen LogP contribution >= 0.6 is 15.6 Å². The van der Waals surface area contributed by atoms with Crippen LogP contribution in [0.25, 0.3) is 0 Å². The van der Waals surface area contributed by atoms with Gasteiger partial charge in [-0.3, -0.25) is 37.3 Å². The summed E-state index contributed by atoms with van der Waals surface area (Å²) < 4.78 is 68.4. The standard InChI is InChI=1S/C77H150O17P2/c1-8-11-12-13-14-36-44-51-58-74(79)87-65-73(94-77(82)61-54-47-40-39-43-50-57-70(7)10-3)67-92-96(85,86)90-63-71(78)62-89-95(83,84)91-66-72(64-88-75(80)59-52-45-37-32-28-25-21-22-26-30-34-41-48-55-68(4)5)93-76(81)60-53-46-38-33-29-24-20-18-16-15-17-19-23-27-31-35-42-49-56-69(6)9-2/h68-73,78H,8-67H2,1-7H3,(H,83,84)(H,85,86)/t69?,70?,71-,72-,73-/m1/s1. The third-order valence-electron chi connectivity index (χ3n) is 18.6. The Kier molecular flexibility index (Phi) is 66.2. The Bertz CT molecular complexity index is 1870. The number of aliphatic hydroxyl groups excluding tert-OH is 1. The van der Waals surface area contributed by atoms with Crippen LogP contribution in [0.3, 0.4) is 0 Å². The van der Waals surface area contributed by atoms with E-state index in [1.54, 1.807) is 0 Å². The largest absolute Gasteiger partial charge is 0.472 e. The molecule has 0 aromatic rings. The average Bonchev–Trinajstić information content (AvgIpc) is 1.36. The van der Waals surface area contributed by atoms with Crippen LogP contribution in [-0.4, -0.2) is 96.7 Å². The minimum atomic E-state index is -4.96. The molecule has 0 saturated heterocycles. The molecule has 96 heavy (non-hydrogen) atoms. The van der Waals surface area contributed by atoms with Crippen molar-refractivity contribution in [2.24, 2.45) is 17.8 Å². The summed E-state index contributed by atoms with van der Waals surface area (Å²) in [4.78, 5) is 72.7. The molecule has 0 fully saturated rings. The first-order valence-corrected chi connectivity index (χ1v) is 42.9. The summed E-state index contributed by atoms with van der Waals surface area (Å²) in [5, 5.41) is 10.6. The highest BCUT2D eigenvalue weighted by atomic mass is 31.2. The average molecular weight is 1410 g/mol. The van der Waals surface area contributed by atoms with Crippen molar-refractivity contribution >= 4 is 39.5 Å². The van der Waals surface area contributed by atoms with Crippen molar-refractivity contribution in [1.29, 1.82) is 0 Å². The Labute approximate surface area is 588 Å². The van der Waals surface area contributed by atoms with Crippen molar-refractivity contribution in [2.45, 2.75) is 414 Å². The van der Waals surface area contributed by atoms with Crippen LogP contribution < -0.4 is 0 Å². The molecule has 0 bridgehead atoms. The molecule has 0 spiro atoms. The zero-order valence-corrected chi connectivity index (χ0v) is 64.6. The smallest absolute Gasteiger partial charge is 0.462 e. The summed E-state index contributed by atoms with van der Waals surface area (Å²) in [7, 11) is -9.91. The van der Waals surface area contributed by atoms with Crippen molar-refractivity contribution < 1.29 is 80.2 Å². The van der Waals surface area contributed by atoms with Crippen molar-refractivity contribution in [3.05, 3.63) is 0 Å². The SMILES string of the molecule is CCCCCCCCCCC(=O)OC[C@H](COP(=O)(O)OC[C@H](O)COP(=O)(O)OC[C@@H](COC(=O)CCCCCCCCCCCCCCCC(C)C)OC(=O)CCCCCCCCCCCCCCCCCCCCC(C)CC)OC(=O)CCCCCCCCC(C)CC. The number of phosphoric acid groups is 2. The highest BCUT2D eigenvalue weighted by Gasteiger charge is 2.30. The third kappa shape index (κ3) is 67.9. The van der Waals surface area contributed by atoms with Gasteiger partial charge in [-0.25, -0.2) is 9.13 Å². The van der Waals surface area contributed by atoms with Crippen LogP contribution in [-0.2, 0) is 65.4 Å². The number of esters is 4. The molecular weight excluding hydrogens is 1260 g/mol. The summed E-state index contributed by atoms with van der Waals surface area (Å²) >= 11 is 0. The number of phosphoric ester groups is 2. The highest BCUT2D eigenvalue weighted by molar-refractivity contribution is 7.47. The number of carbonyl (C=O) groups is 4. The Morgan fingerprint density at radius 3 is 0.792 bits per heavy atom. The summed E-state index contributed by atoms with van der Waals surface area (Å²) in [6.45, 7) is 11.9. The van der Waals surface area contributed by atoms with E-state index in [2.05, 4.69) is 48.5 Å². The molecule has 0 aromatic carbocycles. The van der Waals surface area contributed by atoms with E-state index in [9.17, 15) is 43.2 Å². The van der Waals surface area contributed by atoms with Gasteiger partial charge in [0.2, 0.25) is 0 Å². The molecule has 3 N–H and O–H groups in total. The van der Waals surface area contributed by atoms with E-state index in [4.69, 9.17) is 37.0 Å². The van der Waals surface area contributed by atoms with E-state index in [0.717, 1.165) is 114 Å². The lowest BCUT2D eigenvalue weighted by molar-refractivity contribution is -0.161. The lowest BCUT2D eigenvalue weighted by Gasteiger charge is -2.21. The highest BCUT2D eigenvalue weighted by Crippen LogP contribution is 2.45. The van der Waals surface area contributed by atoms with E-state index in [1.165, 1.54) is 199 Å². The molecule has 0 radical (unpaired) electrons. The molecule has 0 rings (SSSR count). The van der Waals surface area contributed by atoms with Crippen LogP contribution in [0, 0.1) is 17.8 Å². The van der Waals surface area contributed by atoms with E-state index in [0.29, 0.717) is 25.7 Å². The van der Waals surface area contributed by atoms with Crippen LogP contribution in [0.2, 0.25) is 0 Å². The fourth-order valence-corrected chi connectivity index (χ4v) is 13.3. The summed E-state index contributed by atoms with van der Waals surface area (Å²) in [6.07, 6.45) is 54.3. The molecule has 4 unspecified atom stereocenters. The molecule has 0 aromatic heterocycles. The maximum atomic E-state index is 13.1. The predicted octanol–water partition coefficient (Wildman–Crippen LogP) is 22.6. The van der Waals surface area contributed by atoms with Gasteiger partial charge in [-0.2, -0.15) is 0 Å². The minimum Gasteiger partial charge on any atom is -0.462 e. The number of rotatable bonds is 75. The molecule has 17 nitrogen and oxygen atoms in total. The van der Waals surface area contributed by atoms with Crippen molar-refractivity contribution in [2.75, 3.05) is 39.6 Å². The van der Waals surface area contributed by atoms with E-state index in [1.807, 2.05) is 0 Å². The molecular formula is C77H150O17P2. The van der Waals surface area contributed by atoms with E-state index >= 15 is 0 Å². The number of unbranched alkanes of at least 4 members (excludes halogenated alkanes) is 41. The van der Waals surface area contributed by atoms with Crippen molar-refractivity contribution in [1.82, 2.24) is 0 Å². The Morgan fingerprint density at radius 2 is 0.531 bits per heavy atom. The second kappa shape index (κ2) is 67.5. The molecule has 0 amide bonds. The monoisotopic (exact) mass is 1410 g/mol. The van der Waals surface area contributed by atoms with Crippen molar-refractivity contribution in [3.8, 4) is 0 Å². The van der Waals surface area contributed by atoms with Gasteiger partial charge in [0.1, 0.15) is 19.3 Å². The van der Waals surface area contributed by atoms with Crippen LogP contribution in [0.1, 0.15) is 395 Å². The lowest BCUT2D eigenvalue weighted by Crippen LogP contribution is -2.30. The van der Waals surface area contributed by atoms with Gasteiger partial charge in [0, 0.05) is 25.7 Å². The maximum absolute atomic E-state index is 13.1. The topological polar surface area (TPSA) is 237 Å². The lowest BCUT2D eigenvalue weighted by atomic mass is 9.99. The van der Waals surface area contributed by atoms with Crippen LogP contribution in [0.15, 0.2) is 0 Å². The number of ether oxygens (including phenoxy) is 4. The molecule has 0 heterocycles. The van der Waals surface area contributed by atoms with Gasteiger partial charge in [-0.15, -0.1) is 0 Å². The molecule has 0 saturated carbocycles. The van der Waals surface area contributed by atoms with Gasteiger partial charge >= 0.3 is 39.5 Å². The first-order chi connectivity index (χ1) is 46.3. The van der Waals surface area contributed by atoms with Gasteiger partial charge in [0.05, 0.1) is 26.4 Å². The quantitative estimate of drug-likeness (QED) is 0.0222.